The molecule has 72 valence electrons. The smallest absolute Gasteiger partial charge is 0.269 e. The minimum absolute atomic E-state index is 0.0111. The molecule has 0 bridgehead atoms. The molecule has 0 aliphatic carbocycles. The zero-order valence-corrected chi connectivity index (χ0v) is 12.2. The number of halogens is 3. The number of hydrogen-bond acceptors (Lipinski definition) is 1. The molecule has 12 heavy (non-hydrogen) atoms. The van der Waals surface area contributed by atoms with Crippen molar-refractivity contribution >= 4 is 34.7 Å². The Balaban J connectivity index is 2.20. The molecule has 0 radical (unpaired) electrons. The molecule has 1 saturated heterocycles. The molecule has 2 atom stereocenters. The van der Waals surface area contributed by atoms with Gasteiger partial charge in [-0.15, -0.1) is 0 Å². The van der Waals surface area contributed by atoms with Gasteiger partial charge in [0, 0.05) is 23.3 Å². The third-order valence-electron chi connectivity index (χ3n) is 2.09. The maximum atomic E-state index is 12.6. The second-order valence-corrected chi connectivity index (χ2v) is 27.9. The van der Waals surface area contributed by atoms with Gasteiger partial charge in [-0.1, -0.05) is 0 Å². The molecule has 0 amide bonds. The zero-order chi connectivity index (χ0) is 8.97. The van der Waals surface area contributed by atoms with Crippen molar-refractivity contribution in [2.75, 3.05) is 6.23 Å². The third kappa shape index (κ3) is 3.56. The molecule has 0 N–H and O–H groups in total. The van der Waals surface area contributed by atoms with Gasteiger partial charge in [0.15, 0.2) is 6.17 Å². The van der Waals surface area contributed by atoms with Crippen LogP contribution in [0.1, 0.15) is 0 Å². The van der Waals surface area contributed by atoms with E-state index >= 15 is 0 Å². The van der Waals surface area contributed by atoms with Crippen molar-refractivity contribution in [2.45, 2.75) is 18.6 Å². The summed E-state index contributed by atoms with van der Waals surface area (Å²) in [5.41, 5.74) is 0. The van der Waals surface area contributed by atoms with Gasteiger partial charge in [-0.25, -0.2) is 13.2 Å². The quantitative estimate of drug-likeness (QED) is 0.531. The highest BCUT2D eigenvalue weighted by atomic mass is 29.7. The third-order valence-corrected chi connectivity index (χ3v) is 38.2. The molecule has 0 saturated carbocycles. The predicted molar refractivity (Wildman–Crippen MR) is 54.4 cm³/mol. The van der Waals surface area contributed by atoms with Crippen molar-refractivity contribution in [3.8, 4) is 0 Å². The van der Waals surface area contributed by atoms with Gasteiger partial charge < -0.3 is 4.43 Å². The molecule has 1 heterocycles. The van der Waals surface area contributed by atoms with Crippen LogP contribution in [0.4, 0.5) is 13.2 Å². The summed E-state index contributed by atoms with van der Waals surface area (Å²) in [6.07, 6.45) is -3.86. The Labute approximate surface area is 77.6 Å². The van der Waals surface area contributed by atoms with Gasteiger partial charge in [0.05, 0.1) is 8.31 Å². The molecule has 0 aromatic carbocycles. The first-order valence-corrected chi connectivity index (χ1v) is 17.7. The summed E-state index contributed by atoms with van der Waals surface area (Å²) in [5, 5.41) is 0. The van der Waals surface area contributed by atoms with E-state index in [2.05, 4.69) is 0 Å². The molecule has 1 aliphatic rings. The molecule has 8 heteroatoms. The van der Waals surface area contributed by atoms with E-state index in [4.69, 9.17) is 4.43 Å². The van der Waals surface area contributed by atoms with E-state index in [9.17, 15) is 13.2 Å². The van der Waals surface area contributed by atoms with Crippen LogP contribution < -0.4 is 0 Å². The Hall–Kier alpha value is 0.618. The van der Waals surface area contributed by atoms with E-state index in [0.29, 0.717) is 0 Å². The topological polar surface area (TPSA) is 9.23 Å². The zero-order valence-electron chi connectivity index (χ0n) is 6.81. The van der Waals surface area contributed by atoms with Gasteiger partial charge >= 0.3 is 0 Å². The summed E-state index contributed by atoms with van der Waals surface area (Å²) in [4.78, 5) is 0. The molecule has 1 nitrogen and oxygen atoms in total. The maximum Gasteiger partial charge on any atom is 0.269 e. The standard InChI is InChI=1S/C4H13F3OSi4/c5-3(4(6)7)1-12-2-8-9-10-11-12/h3-4,12H,1-2,9-11H2. The average molecular weight is 246 g/mol. The lowest BCUT2D eigenvalue weighted by Crippen LogP contribution is -2.44. The number of rotatable bonds is 3. The molecule has 1 rings (SSSR count). The Kier molecular flexibility index (Phi) is 4.79. The SMILES string of the molecule is FC(F)C(F)C[SiH]1CO[SiH2][SiH2][SiH2]1. The summed E-state index contributed by atoms with van der Waals surface area (Å²) in [6, 6.07) is 0.200. The maximum absolute atomic E-state index is 12.6. The monoisotopic (exact) mass is 246 g/mol. The van der Waals surface area contributed by atoms with Crippen molar-refractivity contribution in [2.24, 2.45) is 0 Å². The second kappa shape index (κ2) is 5.37. The van der Waals surface area contributed by atoms with E-state index in [-0.39, 0.29) is 32.4 Å². The van der Waals surface area contributed by atoms with E-state index in [0.717, 1.165) is 6.23 Å². The van der Waals surface area contributed by atoms with Crippen LogP contribution in [-0.4, -0.2) is 53.5 Å². The first-order chi connectivity index (χ1) is 5.70. The normalized spacial score (nSPS) is 33.5. The lowest BCUT2D eigenvalue weighted by atomic mass is 10.5. The van der Waals surface area contributed by atoms with Crippen LogP contribution in [0.3, 0.4) is 0 Å². The first-order valence-electron chi connectivity index (χ1n) is 4.20. The average Bonchev–Trinajstić information content (AvgIpc) is 2.06. The molecule has 0 aromatic rings. The minimum Gasteiger partial charge on any atom is -0.432 e. The molecule has 0 aromatic heterocycles. The van der Waals surface area contributed by atoms with Crippen LogP contribution in [0.15, 0.2) is 0 Å². The Bertz CT molecular complexity index is 131. The van der Waals surface area contributed by atoms with E-state index < -0.39 is 20.9 Å². The fraction of sp³-hybridized carbons (Fsp3) is 1.00. The highest BCUT2D eigenvalue weighted by Crippen LogP contribution is 2.12. The van der Waals surface area contributed by atoms with E-state index in [1.807, 2.05) is 0 Å². The predicted octanol–water partition coefficient (Wildman–Crippen LogP) is -1.87. The van der Waals surface area contributed by atoms with Gasteiger partial charge in [-0.3, -0.25) is 0 Å². The van der Waals surface area contributed by atoms with Gasteiger partial charge in [0.25, 0.3) is 6.43 Å². The number of alkyl halides is 3. The van der Waals surface area contributed by atoms with Gasteiger partial charge in [0.1, 0.15) is 9.28 Å². The molecular formula is C4H13F3OSi4. The molecule has 0 spiro atoms. The minimum atomic E-state index is -2.76. The summed E-state index contributed by atoms with van der Waals surface area (Å²) in [5.74, 6) is 0. The van der Waals surface area contributed by atoms with Crippen LogP contribution in [0.5, 0.6) is 0 Å². The van der Waals surface area contributed by atoms with Crippen LogP contribution in [0.2, 0.25) is 6.04 Å². The Morgan fingerprint density at radius 2 is 2.17 bits per heavy atom. The van der Waals surface area contributed by atoms with Crippen molar-refractivity contribution < 1.29 is 17.6 Å². The highest BCUT2D eigenvalue weighted by molar-refractivity contribution is 7.48. The summed E-state index contributed by atoms with van der Waals surface area (Å²) >= 11 is 0. The number of hydrogen-bond donors (Lipinski definition) is 0. The molecule has 1 fully saturated rings. The summed E-state index contributed by atoms with van der Waals surface area (Å²) < 4.78 is 41.6. The second-order valence-electron chi connectivity index (χ2n) is 3.17. The van der Waals surface area contributed by atoms with Gasteiger partial charge in [-0.2, -0.15) is 0 Å². The van der Waals surface area contributed by atoms with E-state index in [1.165, 1.54) is 0 Å². The summed E-state index contributed by atoms with van der Waals surface area (Å²) in [6.45, 7) is 0. The summed E-state index contributed by atoms with van der Waals surface area (Å²) in [7, 11) is -1.15. The fourth-order valence-corrected chi connectivity index (χ4v) is 46.0. The highest BCUT2D eigenvalue weighted by Gasteiger charge is 2.26. The van der Waals surface area contributed by atoms with E-state index in [1.54, 1.807) is 0 Å². The lowest BCUT2D eigenvalue weighted by Gasteiger charge is -2.21. The van der Waals surface area contributed by atoms with Crippen LogP contribution in [0, 0.1) is 0 Å². The van der Waals surface area contributed by atoms with Crippen LogP contribution in [-0.2, 0) is 4.43 Å². The van der Waals surface area contributed by atoms with Crippen LogP contribution in [0.25, 0.3) is 0 Å². The molecular weight excluding hydrogens is 233 g/mol. The Morgan fingerprint density at radius 3 is 2.67 bits per heavy atom. The largest absolute Gasteiger partial charge is 0.432 e. The lowest BCUT2D eigenvalue weighted by molar-refractivity contribution is 0.0599. The van der Waals surface area contributed by atoms with Crippen molar-refractivity contribution in [3.63, 3.8) is 0 Å². The van der Waals surface area contributed by atoms with Gasteiger partial charge in [0.2, 0.25) is 0 Å². The van der Waals surface area contributed by atoms with Crippen molar-refractivity contribution in [3.05, 3.63) is 0 Å². The van der Waals surface area contributed by atoms with Gasteiger partial charge in [-0.05, 0) is 6.04 Å². The molecule has 2 unspecified atom stereocenters. The fourth-order valence-electron chi connectivity index (χ4n) is 1.41. The molecule has 1 aliphatic heterocycles. The van der Waals surface area contributed by atoms with Crippen molar-refractivity contribution in [1.29, 1.82) is 0 Å². The van der Waals surface area contributed by atoms with Crippen molar-refractivity contribution in [1.82, 2.24) is 0 Å². The Morgan fingerprint density at radius 1 is 1.42 bits per heavy atom. The van der Waals surface area contributed by atoms with Crippen LogP contribution >= 0.6 is 0 Å². The first kappa shape index (κ1) is 10.7.